The Kier molecular flexibility index (Phi) is 6.87. The van der Waals surface area contributed by atoms with Crippen LogP contribution < -0.4 is 0 Å². The number of sulfonamides is 1. The van der Waals surface area contributed by atoms with Crippen LogP contribution in [0.3, 0.4) is 0 Å². The summed E-state index contributed by atoms with van der Waals surface area (Å²) in [6.45, 7) is 2.02. The second kappa shape index (κ2) is 8.71. The van der Waals surface area contributed by atoms with E-state index in [-0.39, 0.29) is 17.7 Å². The second-order valence-electron chi connectivity index (χ2n) is 6.02. The number of carboxylic acid groups (broad SMARTS) is 1. The molecule has 0 spiro atoms. The number of imidazole rings is 1. The fraction of sp³-hybridized carbons (Fsp3) is 0.533. The SMILES string of the molecule is CC(=O)O.CN(C)S(=O)(=O)C[C@@H]1COC[C@H]1n1ccnc1-c1cnsc1. The molecule has 2 aromatic rings. The van der Waals surface area contributed by atoms with Crippen LogP contribution in [0.4, 0.5) is 0 Å². The highest BCUT2D eigenvalue weighted by molar-refractivity contribution is 7.89. The summed E-state index contributed by atoms with van der Waals surface area (Å²) in [5.41, 5.74) is 0.941. The number of nitrogens with zero attached hydrogens (tertiary/aromatic N) is 4. The van der Waals surface area contributed by atoms with E-state index in [1.54, 1.807) is 26.5 Å². The largest absolute Gasteiger partial charge is 0.481 e. The van der Waals surface area contributed by atoms with Gasteiger partial charge in [-0.1, -0.05) is 0 Å². The molecule has 1 N–H and O–H groups in total. The molecule has 0 bridgehead atoms. The predicted octanol–water partition coefficient (Wildman–Crippen LogP) is 1.18. The molecule has 3 heterocycles. The first-order valence-electron chi connectivity index (χ1n) is 7.82. The summed E-state index contributed by atoms with van der Waals surface area (Å²) in [6, 6.07) is -0.0351. The molecule has 1 aliphatic rings. The average Bonchev–Trinajstić information content (AvgIpc) is 3.26. The van der Waals surface area contributed by atoms with Crippen molar-refractivity contribution in [3.63, 3.8) is 0 Å². The van der Waals surface area contributed by atoms with E-state index in [1.807, 2.05) is 16.1 Å². The molecule has 1 aliphatic heterocycles. The summed E-state index contributed by atoms with van der Waals surface area (Å²) in [6.07, 6.45) is 5.37. The standard InChI is InChI=1S/C13H18N4O3S2.C2H4O2/c1-16(2)22(18,19)9-11-6-20-7-12(11)17-4-3-14-13(17)10-5-15-21-8-10;1-2(3)4/h3-5,8,11-12H,6-7,9H2,1-2H3;1H3,(H,3,4)/t11-,12+;/m0./s1. The van der Waals surface area contributed by atoms with Gasteiger partial charge < -0.3 is 14.4 Å². The van der Waals surface area contributed by atoms with Gasteiger partial charge in [0.15, 0.2) is 0 Å². The Labute approximate surface area is 156 Å². The van der Waals surface area contributed by atoms with Crippen molar-refractivity contribution < 1.29 is 23.1 Å². The van der Waals surface area contributed by atoms with Crippen molar-refractivity contribution in [2.75, 3.05) is 33.1 Å². The molecule has 144 valence electrons. The van der Waals surface area contributed by atoms with Gasteiger partial charge in [-0.2, -0.15) is 0 Å². The minimum absolute atomic E-state index is 0.0351. The maximum atomic E-state index is 12.2. The molecular formula is C15H22N4O5S2. The van der Waals surface area contributed by atoms with Crippen molar-refractivity contribution in [1.29, 1.82) is 0 Å². The van der Waals surface area contributed by atoms with Gasteiger partial charge in [0.1, 0.15) is 5.82 Å². The van der Waals surface area contributed by atoms with Crippen molar-refractivity contribution in [3.8, 4) is 11.4 Å². The third-order valence-electron chi connectivity index (χ3n) is 3.86. The van der Waals surface area contributed by atoms with Crippen LogP contribution in [-0.2, 0) is 19.6 Å². The van der Waals surface area contributed by atoms with Gasteiger partial charge in [0.25, 0.3) is 5.97 Å². The Hall–Kier alpha value is -1.82. The average molecular weight is 402 g/mol. The van der Waals surface area contributed by atoms with Gasteiger partial charge in [-0.05, 0) is 11.5 Å². The molecule has 11 heteroatoms. The van der Waals surface area contributed by atoms with Gasteiger partial charge in [0, 0.05) is 50.3 Å². The molecule has 0 amide bonds. The summed E-state index contributed by atoms with van der Waals surface area (Å²) in [5, 5.41) is 9.35. The zero-order chi connectivity index (χ0) is 19.3. The molecule has 1 saturated heterocycles. The molecule has 3 rings (SSSR count). The fourth-order valence-electron chi connectivity index (χ4n) is 2.59. The first-order chi connectivity index (χ1) is 12.2. The monoisotopic (exact) mass is 402 g/mol. The number of aliphatic carboxylic acids is 1. The lowest BCUT2D eigenvalue weighted by molar-refractivity contribution is -0.134. The van der Waals surface area contributed by atoms with Gasteiger partial charge in [0.2, 0.25) is 10.0 Å². The molecule has 0 saturated carbocycles. The topological polar surface area (TPSA) is 115 Å². The smallest absolute Gasteiger partial charge is 0.300 e. The normalized spacial score (nSPS) is 20.0. The van der Waals surface area contributed by atoms with E-state index in [9.17, 15) is 8.42 Å². The molecular weight excluding hydrogens is 380 g/mol. The Morgan fingerprint density at radius 1 is 1.46 bits per heavy atom. The molecule has 0 radical (unpaired) electrons. The zero-order valence-electron chi connectivity index (χ0n) is 14.8. The van der Waals surface area contributed by atoms with E-state index in [4.69, 9.17) is 14.6 Å². The number of ether oxygens (including phenoxy) is 1. The molecule has 2 aromatic heterocycles. The van der Waals surface area contributed by atoms with Crippen molar-refractivity contribution in [1.82, 2.24) is 18.2 Å². The molecule has 0 aliphatic carbocycles. The van der Waals surface area contributed by atoms with Gasteiger partial charge in [0.05, 0.1) is 31.2 Å². The molecule has 1 fully saturated rings. The Morgan fingerprint density at radius 3 is 2.73 bits per heavy atom. The van der Waals surface area contributed by atoms with Crippen LogP contribution in [-0.4, -0.2) is 70.8 Å². The maximum absolute atomic E-state index is 12.2. The zero-order valence-corrected chi connectivity index (χ0v) is 16.4. The van der Waals surface area contributed by atoms with Crippen molar-refractivity contribution in [3.05, 3.63) is 24.0 Å². The summed E-state index contributed by atoms with van der Waals surface area (Å²) in [7, 11) is -0.152. The van der Waals surface area contributed by atoms with E-state index in [2.05, 4.69) is 9.36 Å². The number of carbonyl (C=O) groups is 1. The number of rotatable bonds is 5. The third kappa shape index (κ3) is 5.10. The van der Waals surface area contributed by atoms with Crippen LogP contribution in [0.15, 0.2) is 24.0 Å². The van der Waals surface area contributed by atoms with E-state index >= 15 is 0 Å². The maximum Gasteiger partial charge on any atom is 0.300 e. The Balaban J connectivity index is 0.000000552. The first kappa shape index (κ1) is 20.5. The molecule has 9 nitrogen and oxygen atoms in total. The quantitative estimate of drug-likeness (QED) is 0.798. The molecule has 26 heavy (non-hydrogen) atoms. The van der Waals surface area contributed by atoms with E-state index in [0.29, 0.717) is 13.2 Å². The van der Waals surface area contributed by atoms with Gasteiger partial charge in [-0.3, -0.25) is 4.79 Å². The highest BCUT2D eigenvalue weighted by Crippen LogP contribution is 2.31. The van der Waals surface area contributed by atoms with E-state index < -0.39 is 16.0 Å². The van der Waals surface area contributed by atoms with Gasteiger partial charge in [-0.25, -0.2) is 22.1 Å². The highest BCUT2D eigenvalue weighted by Gasteiger charge is 2.35. The van der Waals surface area contributed by atoms with Crippen molar-refractivity contribution in [2.45, 2.75) is 13.0 Å². The number of aromatic nitrogens is 3. The Bertz CT molecular complexity index is 813. The van der Waals surface area contributed by atoms with Crippen LogP contribution >= 0.6 is 11.5 Å². The second-order valence-corrected chi connectivity index (χ2v) is 8.90. The number of carboxylic acids is 1. The Morgan fingerprint density at radius 2 is 2.15 bits per heavy atom. The third-order valence-corrected chi connectivity index (χ3v) is 6.41. The summed E-state index contributed by atoms with van der Waals surface area (Å²) < 4.78 is 37.2. The summed E-state index contributed by atoms with van der Waals surface area (Å²) >= 11 is 1.37. The predicted molar refractivity (Wildman–Crippen MR) is 97.5 cm³/mol. The minimum Gasteiger partial charge on any atom is -0.481 e. The van der Waals surface area contributed by atoms with Crippen LogP contribution in [0.2, 0.25) is 0 Å². The molecule has 0 unspecified atom stereocenters. The summed E-state index contributed by atoms with van der Waals surface area (Å²) in [5.74, 6) is -0.0482. The first-order valence-corrected chi connectivity index (χ1v) is 10.3. The van der Waals surface area contributed by atoms with Crippen molar-refractivity contribution >= 4 is 27.5 Å². The lowest BCUT2D eigenvalue weighted by Gasteiger charge is -2.22. The van der Waals surface area contributed by atoms with Gasteiger partial charge >= 0.3 is 0 Å². The molecule has 2 atom stereocenters. The lowest BCUT2D eigenvalue weighted by Crippen LogP contribution is -2.32. The van der Waals surface area contributed by atoms with Crippen molar-refractivity contribution in [2.24, 2.45) is 5.92 Å². The lowest BCUT2D eigenvalue weighted by atomic mass is 10.1. The van der Waals surface area contributed by atoms with E-state index in [0.717, 1.165) is 18.3 Å². The van der Waals surface area contributed by atoms with Crippen LogP contribution in [0.1, 0.15) is 13.0 Å². The fourth-order valence-corrected chi connectivity index (χ4v) is 4.27. The minimum atomic E-state index is -3.26. The number of hydrogen-bond donors (Lipinski definition) is 1. The van der Waals surface area contributed by atoms with Crippen LogP contribution in [0.25, 0.3) is 11.4 Å². The summed E-state index contributed by atoms with van der Waals surface area (Å²) in [4.78, 5) is 13.4. The van der Waals surface area contributed by atoms with Crippen LogP contribution in [0.5, 0.6) is 0 Å². The van der Waals surface area contributed by atoms with Crippen LogP contribution in [0, 0.1) is 5.92 Å². The van der Waals surface area contributed by atoms with E-state index in [1.165, 1.54) is 15.8 Å². The molecule has 0 aromatic carbocycles. The highest BCUT2D eigenvalue weighted by atomic mass is 32.2. The van der Waals surface area contributed by atoms with Gasteiger partial charge in [-0.15, -0.1) is 0 Å². The number of hydrogen-bond acceptors (Lipinski definition) is 7.